The van der Waals surface area contributed by atoms with Crippen molar-refractivity contribution in [3.8, 4) is 0 Å². The second-order valence-electron chi connectivity index (χ2n) is 5.82. The van der Waals surface area contributed by atoms with Gasteiger partial charge in [-0.1, -0.05) is 20.8 Å². The molecule has 0 spiro atoms. The molecule has 1 aliphatic rings. The van der Waals surface area contributed by atoms with Gasteiger partial charge in [-0.15, -0.1) is 0 Å². The van der Waals surface area contributed by atoms with Crippen molar-refractivity contribution in [3.63, 3.8) is 0 Å². The Kier molecular flexibility index (Phi) is 3.43. The Morgan fingerprint density at radius 1 is 1.29 bits per heavy atom. The molecule has 0 unspecified atom stereocenters. The SMILES string of the molecule is CN(c1cc(Br)nc(C(C)(C)C)n1)C1CCC1. The quantitative estimate of drug-likeness (QED) is 0.782. The van der Waals surface area contributed by atoms with E-state index in [9.17, 15) is 0 Å². The van der Waals surface area contributed by atoms with Crippen molar-refractivity contribution in [2.75, 3.05) is 11.9 Å². The number of aromatic nitrogens is 2. The minimum Gasteiger partial charge on any atom is -0.357 e. The Hall–Kier alpha value is -0.640. The number of hydrogen-bond donors (Lipinski definition) is 0. The summed E-state index contributed by atoms with van der Waals surface area (Å²) in [7, 11) is 2.13. The zero-order chi connectivity index (χ0) is 12.6. The molecule has 1 saturated carbocycles. The molecule has 1 fully saturated rings. The first-order valence-electron chi connectivity index (χ1n) is 6.16. The van der Waals surface area contributed by atoms with E-state index in [-0.39, 0.29) is 5.41 Å². The van der Waals surface area contributed by atoms with E-state index >= 15 is 0 Å². The van der Waals surface area contributed by atoms with Gasteiger partial charge in [-0.25, -0.2) is 9.97 Å². The summed E-state index contributed by atoms with van der Waals surface area (Å²) < 4.78 is 0.874. The lowest BCUT2D eigenvalue weighted by molar-refractivity contribution is 0.398. The summed E-state index contributed by atoms with van der Waals surface area (Å²) in [6.07, 6.45) is 3.90. The van der Waals surface area contributed by atoms with E-state index in [0.717, 1.165) is 16.2 Å². The second-order valence-corrected chi connectivity index (χ2v) is 6.63. The zero-order valence-electron chi connectivity index (χ0n) is 11.0. The topological polar surface area (TPSA) is 29.0 Å². The van der Waals surface area contributed by atoms with Gasteiger partial charge in [-0.2, -0.15) is 0 Å². The molecule has 17 heavy (non-hydrogen) atoms. The number of anilines is 1. The van der Waals surface area contributed by atoms with Crippen LogP contribution in [0.4, 0.5) is 5.82 Å². The van der Waals surface area contributed by atoms with Crippen LogP contribution in [0.2, 0.25) is 0 Å². The smallest absolute Gasteiger partial charge is 0.137 e. The maximum Gasteiger partial charge on any atom is 0.137 e. The van der Waals surface area contributed by atoms with E-state index in [2.05, 4.69) is 53.6 Å². The van der Waals surface area contributed by atoms with Crippen LogP contribution in [-0.2, 0) is 5.41 Å². The summed E-state index contributed by atoms with van der Waals surface area (Å²) in [5.74, 6) is 1.93. The molecule has 0 aromatic carbocycles. The van der Waals surface area contributed by atoms with Crippen molar-refractivity contribution in [2.24, 2.45) is 0 Å². The molecule has 0 bridgehead atoms. The number of hydrogen-bond acceptors (Lipinski definition) is 3. The molecular weight excluding hydrogens is 278 g/mol. The normalized spacial score (nSPS) is 16.8. The van der Waals surface area contributed by atoms with Crippen LogP contribution in [0.1, 0.15) is 45.9 Å². The Bertz CT molecular complexity index is 408. The molecule has 1 heterocycles. The highest BCUT2D eigenvalue weighted by molar-refractivity contribution is 9.10. The number of halogens is 1. The highest BCUT2D eigenvalue weighted by atomic mass is 79.9. The molecule has 2 rings (SSSR count). The van der Waals surface area contributed by atoms with Gasteiger partial charge < -0.3 is 4.90 Å². The first-order valence-corrected chi connectivity index (χ1v) is 6.95. The van der Waals surface area contributed by atoms with Crippen LogP contribution in [-0.4, -0.2) is 23.1 Å². The van der Waals surface area contributed by atoms with Gasteiger partial charge in [0.1, 0.15) is 16.2 Å². The van der Waals surface area contributed by atoms with Crippen molar-refractivity contribution >= 4 is 21.7 Å². The number of rotatable bonds is 2. The molecule has 3 nitrogen and oxygen atoms in total. The largest absolute Gasteiger partial charge is 0.357 e. The maximum absolute atomic E-state index is 4.69. The molecule has 1 aliphatic carbocycles. The summed E-state index contributed by atoms with van der Waals surface area (Å²) >= 11 is 3.49. The molecular formula is C13H20BrN3. The van der Waals surface area contributed by atoms with Crippen LogP contribution in [0.5, 0.6) is 0 Å². The van der Waals surface area contributed by atoms with Crippen molar-refractivity contribution < 1.29 is 0 Å². The van der Waals surface area contributed by atoms with Crippen LogP contribution >= 0.6 is 15.9 Å². The van der Waals surface area contributed by atoms with Gasteiger partial charge in [0.25, 0.3) is 0 Å². The first-order chi connectivity index (χ1) is 7.88. The lowest BCUT2D eigenvalue weighted by Crippen LogP contribution is -2.38. The van der Waals surface area contributed by atoms with Crippen molar-refractivity contribution in [1.82, 2.24) is 9.97 Å². The Balaban J connectivity index is 2.30. The zero-order valence-corrected chi connectivity index (χ0v) is 12.6. The summed E-state index contributed by atoms with van der Waals surface area (Å²) in [5.41, 5.74) is -0.0149. The van der Waals surface area contributed by atoms with Crippen molar-refractivity contribution in [3.05, 3.63) is 16.5 Å². The number of nitrogens with zero attached hydrogens (tertiary/aromatic N) is 3. The van der Waals surface area contributed by atoms with Crippen LogP contribution in [0.25, 0.3) is 0 Å². The van der Waals surface area contributed by atoms with Gasteiger partial charge in [-0.05, 0) is 35.2 Å². The van der Waals surface area contributed by atoms with Crippen LogP contribution in [0, 0.1) is 0 Å². The van der Waals surface area contributed by atoms with Gasteiger partial charge in [-0.3, -0.25) is 0 Å². The van der Waals surface area contributed by atoms with E-state index in [1.807, 2.05) is 6.07 Å². The van der Waals surface area contributed by atoms with E-state index in [1.165, 1.54) is 19.3 Å². The fourth-order valence-corrected chi connectivity index (χ4v) is 2.26. The lowest BCUT2D eigenvalue weighted by atomic mass is 9.92. The predicted molar refractivity (Wildman–Crippen MR) is 74.5 cm³/mol. The Morgan fingerprint density at radius 2 is 1.94 bits per heavy atom. The fraction of sp³-hybridized carbons (Fsp3) is 0.692. The summed E-state index contributed by atoms with van der Waals surface area (Å²) in [6, 6.07) is 2.66. The minimum absolute atomic E-state index is 0.0149. The third-order valence-corrected chi connectivity index (χ3v) is 3.74. The molecule has 0 radical (unpaired) electrons. The molecule has 94 valence electrons. The summed E-state index contributed by atoms with van der Waals surface area (Å²) in [4.78, 5) is 11.4. The average molecular weight is 298 g/mol. The van der Waals surface area contributed by atoms with Crippen LogP contribution in [0.3, 0.4) is 0 Å². The van der Waals surface area contributed by atoms with Gasteiger partial charge in [0, 0.05) is 24.6 Å². The van der Waals surface area contributed by atoms with E-state index in [1.54, 1.807) is 0 Å². The van der Waals surface area contributed by atoms with Crippen molar-refractivity contribution in [1.29, 1.82) is 0 Å². The minimum atomic E-state index is -0.0149. The fourth-order valence-electron chi connectivity index (χ4n) is 1.88. The Labute approximate surface area is 112 Å². The predicted octanol–water partition coefficient (Wildman–Crippen LogP) is 3.53. The van der Waals surface area contributed by atoms with Gasteiger partial charge in [0.05, 0.1) is 0 Å². The maximum atomic E-state index is 4.69. The standard InChI is InChI=1S/C13H20BrN3/c1-13(2,3)12-15-10(14)8-11(16-12)17(4)9-6-5-7-9/h8-9H,5-7H2,1-4H3. The third-order valence-electron chi connectivity index (χ3n) is 3.34. The molecule has 0 atom stereocenters. The van der Waals surface area contributed by atoms with Gasteiger partial charge >= 0.3 is 0 Å². The molecule has 0 aliphatic heterocycles. The third kappa shape index (κ3) is 2.79. The lowest BCUT2D eigenvalue weighted by Gasteiger charge is -2.36. The van der Waals surface area contributed by atoms with Crippen LogP contribution < -0.4 is 4.90 Å². The van der Waals surface area contributed by atoms with Crippen LogP contribution in [0.15, 0.2) is 10.7 Å². The summed E-state index contributed by atoms with van der Waals surface area (Å²) in [6.45, 7) is 6.42. The average Bonchev–Trinajstić information content (AvgIpc) is 2.12. The molecule has 1 aromatic heterocycles. The van der Waals surface area contributed by atoms with E-state index in [4.69, 9.17) is 4.98 Å². The van der Waals surface area contributed by atoms with Gasteiger partial charge in [0.15, 0.2) is 0 Å². The molecule has 0 N–H and O–H groups in total. The summed E-state index contributed by atoms with van der Waals surface area (Å²) in [5, 5.41) is 0. The second kappa shape index (κ2) is 4.56. The monoisotopic (exact) mass is 297 g/mol. The van der Waals surface area contributed by atoms with E-state index in [0.29, 0.717) is 6.04 Å². The Morgan fingerprint density at radius 3 is 2.41 bits per heavy atom. The van der Waals surface area contributed by atoms with E-state index < -0.39 is 0 Å². The highest BCUT2D eigenvalue weighted by Gasteiger charge is 2.25. The molecule has 0 amide bonds. The van der Waals surface area contributed by atoms with Gasteiger partial charge in [0.2, 0.25) is 0 Å². The first kappa shape index (κ1) is 12.8. The highest BCUT2D eigenvalue weighted by Crippen LogP contribution is 2.29. The molecule has 4 heteroatoms. The molecule has 0 saturated heterocycles. The van der Waals surface area contributed by atoms with Crippen molar-refractivity contribution in [2.45, 2.75) is 51.5 Å². The molecule has 1 aromatic rings.